The Kier molecular flexibility index (Phi) is 5.68. The summed E-state index contributed by atoms with van der Waals surface area (Å²) in [5.74, 6) is -1.97. The molecule has 110 valence electrons. The molecule has 0 radical (unpaired) electrons. The number of halogens is 2. The summed E-state index contributed by atoms with van der Waals surface area (Å²) >= 11 is 3.14. The van der Waals surface area contributed by atoms with Crippen molar-refractivity contribution in [2.24, 2.45) is 0 Å². The van der Waals surface area contributed by atoms with Gasteiger partial charge in [0.05, 0.1) is 5.56 Å². The molecule has 0 saturated carbocycles. The van der Waals surface area contributed by atoms with Crippen LogP contribution in [-0.2, 0) is 9.53 Å². The highest BCUT2D eigenvalue weighted by molar-refractivity contribution is 9.10. The molecule has 1 aromatic rings. The van der Waals surface area contributed by atoms with Crippen LogP contribution in [0.15, 0.2) is 22.7 Å². The first-order valence-electron chi connectivity index (χ1n) is 6.18. The first kappa shape index (κ1) is 16.6. The number of hydrogen-bond donors (Lipinski definition) is 1. The van der Waals surface area contributed by atoms with Crippen LogP contribution >= 0.6 is 15.9 Å². The van der Waals surface area contributed by atoms with Gasteiger partial charge >= 0.3 is 5.97 Å². The molecule has 20 heavy (non-hydrogen) atoms. The Labute approximate surface area is 125 Å². The van der Waals surface area contributed by atoms with Crippen LogP contribution in [0, 0.1) is 5.82 Å². The van der Waals surface area contributed by atoms with Gasteiger partial charge in [-0.25, -0.2) is 9.18 Å². The Morgan fingerprint density at radius 3 is 2.65 bits per heavy atom. The van der Waals surface area contributed by atoms with Gasteiger partial charge in [-0.2, -0.15) is 0 Å². The SMILES string of the molecule is CCC(C)(C)NC(=O)COC(=O)c1cc(Br)ccc1F. The number of ether oxygens (including phenoxy) is 1. The number of rotatable bonds is 5. The summed E-state index contributed by atoms with van der Waals surface area (Å²) < 4.78 is 18.8. The van der Waals surface area contributed by atoms with Crippen LogP contribution in [0.5, 0.6) is 0 Å². The molecular weight excluding hydrogens is 329 g/mol. The minimum atomic E-state index is -0.867. The molecule has 1 rings (SSSR count). The normalized spacial score (nSPS) is 11.1. The van der Waals surface area contributed by atoms with E-state index in [9.17, 15) is 14.0 Å². The summed E-state index contributed by atoms with van der Waals surface area (Å²) in [6, 6.07) is 3.94. The Bertz CT molecular complexity index is 517. The summed E-state index contributed by atoms with van der Waals surface area (Å²) in [4.78, 5) is 23.3. The largest absolute Gasteiger partial charge is 0.452 e. The highest BCUT2D eigenvalue weighted by Crippen LogP contribution is 2.16. The third-order valence-corrected chi connectivity index (χ3v) is 3.34. The second kappa shape index (κ2) is 6.83. The summed E-state index contributed by atoms with van der Waals surface area (Å²) in [6.07, 6.45) is 0.743. The van der Waals surface area contributed by atoms with Gasteiger partial charge in [0.2, 0.25) is 0 Å². The van der Waals surface area contributed by atoms with Gasteiger partial charge in [0.1, 0.15) is 5.82 Å². The molecule has 1 N–H and O–H groups in total. The minimum absolute atomic E-state index is 0.207. The first-order valence-corrected chi connectivity index (χ1v) is 6.97. The highest BCUT2D eigenvalue weighted by atomic mass is 79.9. The number of esters is 1. The van der Waals surface area contributed by atoms with E-state index < -0.39 is 24.3 Å². The zero-order valence-corrected chi connectivity index (χ0v) is 13.2. The van der Waals surface area contributed by atoms with Crippen molar-refractivity contribution in [3.63, 3.8) is 0 Å². The van der Waals surface area contributed by atoms with E-state index >= 15 is 0 Å². The molecule has 0 aliphatic carbocycles. The van der Waals surface area contributed by atoms with Crippen molar-refractivity contribution >= 4 is 27.8 Å². The molecule has 0 fully saturated rings. The van der Waals surface area contributed by atoms with Crippen molar-refractivity contribution in [2.75, 3.05) is 6.61 Å². The Hall–Kier alpha value is -1.43. The van der Waals surface area contributed by atoms with E-state index in [1.165, 1.54) is 12.1 Å². The van der Waals surface area contributed by atoms with E-state index in [-0.39, 0.29) is 11.1 Å². The van der Waals surface area contributed by atoms with Crippen molar-refractivity contribution < 1.29 is 18.7 Å². The summed E-state index contributed by atoms with van der Waals surface area (Å²) in [5, 5.41) is 2.72. The van der Waals surface area contributed by atoms with Crippen LogP contribution in [0.2, 0.25) is 0 Å². The summed E-state index contributed by atoms with van der Waals surface area (Å²) in [5.41, 5.74) is -0.577. The summed E-state index contributed by atoms with van der Waals surface area (Å²) in [7, 11) is 0. The topological polar surface area (TPSA) is 55.4 Å². The number of amides is 1. The van der Waals surface area contributed by atoms with Crippen molar-refractivity contribution in [1.82, 2.24) is 5.32 Å². The van der Waals surface area contributed by atoms with Crippen molar-refractivity contribution in [1.29, 1.82) is 0 Å². The van der Waals surface area contributed by atoms with Crippen molar-refractivity contribution in [3.8, 4) is 0 Å². The van der Waals surface area contributed by atoms with Crippen LogP contribution in [0.3, 0.4) is 0 Å². The molecule has 1 amide bonds. The number of carbonyl (C=O) groups is 2. The Morgan fingerprint density at radius 2 is 2.05 bits per heavy atom. The van der Waals surface area contributed by atoms with Gasteiger partial charge < -0.3 is 10.1 Å². The molecule has 1 aromatic carbocycles. The molecule has 0 aromatic heterocycles. The molecule has 4 nitrogen and oxygen atoms in total. The van der Waals surface area contributed by atoms with Gasteiger partial charge in [-0.05, 0) is 38.5 Å². The highest BCUT2D eigenvalue weighted by Gasteiger charge is 2.20. The van der Waals surface area contributed by atoms with Crippen LogP contribution in [0.4, 0.5) is 4.39 Å². The number of hydrogen-bond acceptors (Lipinski definition) is 3. The standard InChI is InChI=1S/C14H17BrFNO3/c1-4-14(2,3)17-12(18)8-20-13(19)10-7-9(15)5-6-11(10)16/h5-7H,4,8H2,1-3H3,(H,17,18). The van der Waals surface area contributed by atoms with Gasteiger partial charge in [-0.1, -0.05) is 22.9 Å². The third-order valence-electron chi connectivity index (χ3n) is 2.84. The fraction of sp³-hybridized carbons (Fsp3) is 0.429. The number of nitrogens with one attached hydrogen (secondary N) is 1. The zero-order valence-electron chi connectivity index (χ0n) is 11.6. The van der Waals surface area contributed by atoms with E-state index in [2.05, 4.69) is 21.2 Å². The molecule has 0 aliphatic rings. The number of carbonyl (C=O) groups excluding carboxylic acids is 2. The van der Waals surface area contributed by atoms with Gasteiger partial charge in [0, 0.05) is 10.0 Å². The maximum atomic E-state index is 13.4. The van der Waals surface area contributed by atoms with Crippen LogP contribution in [-0.4, -0.2) is 24.0 Å². The number of benzene rings is 1. The smallest absolute Gasteiger partial charge is 0.341 e. The molecular formula is C14H17BrFNO3. The molecule has 0 heterocycles. The van der Waals surface area contributed by atoms with Gasteiger partial charge in [-0.15, -0.1) is 0 Å². The predicted octanol–water partition coefficient (Wildman–Crippen LogP) is 3.05. The van der Waals surface area contributed by atoms with Crippen molar-refractivity contribution in [2.45, 2.75) is 32.7 Å². The lowest BCUT2D eigenvalue weighted by molar-refractivity contribution is -0.125. The van der Waals surface area contributed by atoms with E-state index in [1.54, 1.807) is 0 Å². The summed E-state index contributed by atoms with van der Waals surface area (Å²) in [6.45, 7) is 5.22. The maximum Gasteiger partial charge on any atom is 0.341 e. The lowest BCUT2D eigenvalue weighted by Crippen LogP contribution is -2.44. The van der Waals surface area contributed by atoms with E-state index in [0.29, 0.717) is 4.47 Å². The average Bonchev–Trinajstić information content (AvgIpc) is 2.38. The fourth-order valence-electron chi connectivity index (χ4n) is 1.36. The van der Waals surface area contributed by atoms with Crippen LogP contribution in [0.25, 0.3) is 0 Å². The quantitative estimate of drug-likeness (QED) is 0.834. The lowest BCUT2D eigenvalue weighted by atomic mass is 10.0. The molecule has 0 atom stereocenters. The predicted molar refractivity (Wildman–Crippen MR) is 76.9 cm³/mol. The average molecular weight is 346 g/mol. The molecule has 0 aliphatic heterocycles. The molecule has 0 spiro atoms. The van der Waals surface area contributed by atoms with Gasteiger partial charge in [-0.3, -0.25) is 4.79 Å². The fourth-order valence-corrected chi connectivity index (χ4v) is 1.73. The Balaban J connectivity index is 2.60. The van der Waals surface area contributed by atoms with Gasteiger partial charge in [0.15, 0.2) is 6.61 Å². The van der Waals surface area contributed by atoms with E-state index in [1.807, 2.05) is 20.8 Å². The molecule has 0 bridgehead atoms. The van der Waals surface area contributed by atoms with Crippen LogP contribution < -0.4 is 5.32 Å². The zero-order chi connectivity index (χ0) is 15.3. The second-order valence-electron chi connectivity index (χ2n) is 4.99. The molecule has 0 unspecified atom stereocenters. The monoisotopic (exact) mass is 345 g/mol. The van der Waals surface area contributed by atoms with Crippen LogP contribution in [0.1, 0.15) is 37.6 Å². The van der Waals surface area contributed by atoms with Crippen molar-refractivity contribution in [3.05, 3.63) is 34.1 Å². The second-order valence-corrected chi connectivity index (χ2v) is 5.90. The lowest BCUT2D eigenvalue weighted by Gasteiger charge is -2.24. The third kappa shape index (κ3) is 4.92. The minimum Gasteiger partial charge on any atom is -0.452 e. The molecule has 6 heteroatoms. The Morgan fingerprint density at radius 1 is 1.40 bits per heavy atom. The first-order chi connectivity index (χ1) is 9.25. The van der Waals surface area contributed by atoms with E-state index in [0.717, 1.165) is 12.5 Å². The van der Waals surface area contributed by atoms with E-state index in [4.69, 9.17) is 4.74 Å². The maximum absolute atomic E-state index is 13.4. The van der Waals surface area contributed by atoms with Gasteiger partial charge in [0.25, 0.3) is 5.91 Å². The molecule has 0 saturated heterocycles.